The lowest BCUT2D eigenvalue weighted by molar-refractivity contribution is -0.203. The van der Waals surface area contributed by atoms with E-state index in [4.69, 9.17) is 32.7 Å². The highest BCUT2D eigenvalue weighted by atomic mass is 35.5. The minimum absolute atomic E-state index is 0.0269. The standard InChI is InChI=1S/C26H23Cl2F5N4O5/c1-4-25(32)10-24(2,26(25,33)11-29)35-21(38)14-9-13(5-6-17(14)41-3)42-19-15(27)7-12(8-16(19)28)37-23(40)34-22(39)18(36-37)20(30)31/h5-9,20H,4,10-11H2,1-3H3,(H,35,38)(H,34,39,40)/t24?,25?,26-/m1/s1. The average molecular weight is 637 g/mol. The van der Waals surface area contributed by atoms with E-state index in [1.807, 2.05) is 0 Å². The van der Waals surface area contributed by atoms with Crippen LogP contribution in [0.15, 0.2) is 39.9 Å². The van der Waals surface area contributed by atoms with Crippen molar-refractivity contribution in [2.24, 2.45) is 0 Å². The Balaban J connectivity index is 1.65. The number of benzene rings is 2. The number of nitrogens with zero attached hydrogens (tertiary/aromatic N) is 2. The van der Waals surface area contributed by atoms with Crippen LogP contribution in [0, 0.1) is 0 Å². The molecule has 1 fully saturated rings. The van der Waals surface area contributed by atoms with Gasteiger partial charge >= 0.3 is 5.69 Å². The van der Waals surface area contributed by atoms with Gasteiger partial charge in [0.25, 0.3) is 17.9 Å². The molecule has 2 aromatic carbocycles. The molecule has 1 aliphatic rings. The predicted molar refractivity (Wildman–Crippen MR) is 143 cm³/mol. The summed E-state index contributed by atoms with van der Waals surface area (Å²) in [6.07, 6.45) is -4.01. The quantitative estimate of drug-likeness (QED) is 0.293. The summed E-state index contributed by atoms with van der Waals surface area (Å²) in [5, 5.41) is 5.32. The lowest BCUT2D eigenvalue weighted by Gasteiger charge is -2.60. The average Bonchev–Trinajstić information content (AvgIpc) is 2.93. The second kappa shape index (κ2) is 11.2. The number of halogens is 7. The van der Waals surface area contributed by atoms with Gasteiger partial charge in [0.15, 0.2) is 22.8 Å². The minimum atomic E-state index is -3.27. The number of ether oxygens (including phenoxy) is 2. The van der Waals surface area contributed by atoms with Gasteiger partial charge in [0, 0.05) is 6.42 Å². The van der Waals surface area contributed by atoms with Crippen molar-refractivity contribution in [1.82, 2.24) is 20.1 Å². The van der Waals surface area contributed by atoms with Crippen molar-refractivity contribution in [3.05, 3.63) is 72.5 Å². The summed E-state index contributed by atoms with van der Waals surface area (Å²) in [6.45, 7) is 0.943. The number of aromatic nitrogens is 3. The second-order valence-electron chi connectivity index (χ2n) is 9.78. The summed E-state index contributed by atoms with van der Waals surface area (Å²) in [5.74, 6) is -1.08. The zero-order valence-electron chi connectivity index (χ0n) is 22.2. The number of H-pyrrole nitrogens is 1. The Morgan fingerprint density at radius 1 is 1.19 bits per heavy atom. The van der Waals surface area contributed by atoms with Crippen molar-refractivity contribution in [3.8, 4) is 22.9 Å². The number of hydrogen-bond donors (Lipinski definition) is 2. The van der Waals surface area contributed by atoms with Crippen molar-refractivity contribution in [1.29, 1.82) is 0 Å². The first kappa shape index (κ1) is 31.3. The molecule has 0 spiro atoms. The Bertz CT molecular complexity index is 1650. The predicted octanol–water partition coefficient (Wildman–Crippen LogP) is 5.65. The van der Waals surface area contributed by atoms with E-state index >= 15 is 4.39 Å². The van der Waals surface area contributed by atoms with E-state index in [9.17, 15) is 31.9 Å². The highest BCUT2D eigenvalue weighted by Gasteiger charge is 2.74. The highest BCUT2D eigenvalue weighted by molar-refractivity contribution is 6.37. The van der Waals surface area contributed by atoms with Gasteiger partial charge in [0.2, 0.25) is 0 Å². The summed E-state index contributed by atoms with van der Waals surface area (Å²) in [4.78, 5) is 38.7. The van der Waals surface area contributed by atoms with Crippen molar-refractivity contribution in [2.75, 3.05) is 13.8 Å². The van der Waals surface area contributed by atoms with E-state index in [1.54, 1.807) is 4.98 Å². The molecule has 1 saturated carbocycles. The fourth-order valence-electron chi connectivity index (χ4n) is 4.90. The highest BCUT2D eigenvalue weighted by Crippen LogP contribution is 2.57. The molecule has 2 N–H and O–H groups in total. The van der Waals surface area contributed by atoms with Crippen LogP contribution in [0.5, 0.6) is 17.2 Å². The monoisotopic (exact) mass is 636 g/mol. The number of amides is 1. The Morgan fingerprint density at radius 2 is 1.83 bits per heavy atom. The first-order valence-corrected chi connectivity index (χ1v) is 13.0. The summed E-state index contributed by atoms with van der Waals surface area (Å²) in [7, 11) is 1.26. The number of rotatable bonds is 9. The smallest absolute Gasteiger partial charge is 0.349 e. The van der Waals surface area contributed by atoms with Crippen LogP contribution in [-0.4, -0.2) is 51.3 Å². The zero-order valence-corrected chi connectivity index (χ0v) is 23.7. The summed E-state index contributed by atoms with van der Waals surface area (Å²) in [5.41, 5.74) is -11.3. The van der Waals surface area contributed by atoms with Crippen LogP contribution in [0.4, 0.5) is 22.0 Å². The van der Waals surface area contributed by atoms with E-state index in [0.29, 0.717) is 4.68 Å². The normalized spacial score (nSPS) is 23.4. The first-order chi connectivity index (χ1) is 19.6. The molecule has 0 aliphatic heterocycles. The topological polar surface area (TPSA) is 115 Å². The molecule has 16 heteroatoms. The van der Waals surface area contributed by atoms with Crippen LogP contribution >= 0.6 is 23.2 Å². The van der Waals surface area contributed by atoms with Gasteiger partial charge in [-0.05, 0) is 43.7 Å². The molecule has 1 aliphatic carbocycles. The molecule has 1 amide bonds. The van der Waals surface area contributed by atoms with Crippen LogP contribution in [-0.2, 0) is 0 Å². The summed E-state index contributed by atoms with van der Waals surface area (Å²) in [6, 6.07) is 6.11. The van der Waals surface area contributed by atoms with E-state index in [-0.39, 0.29) is 45.0 Å². The Kier molecular flexibility index (Phi) is 8.35. The van der Waals surface area contributed by atoms with E-state index in [0.717, 1.165) is 12.1 Å². The molecule has 0 saturated heterocycles. The van der Waals surface area contributed by atoms with Gasteiger partial charge < -0.3 is 14.8 Å². The van der Waals surface area contributed by atoms with E-state index in [1.165, 1.54) is 39.2 Å². The molecule has 0 bridgehead atoms. The number of alkyl halides is 5. The molecular weight excluding hydrogens is 614 g/mol. The molecule has 3 atom stereocenters. The Morgan fingerprint density at radius 3 is 2.38 bits per heavy atom. The van der Waals surface area contributed by atoms with Gasteiger partial charge in [-0.2, -0.15) is 9.78 Å². The van der Waals surface area contributed by atoms with Gasteiger partial charge in [-0.1, -0.05) is 30.1 Å². The second-order valence-corrected chi connectivity index (χ2v) is 10.6. The number of aromatic amines is 1. The van der Waals surface area contributed by atoms with Crippen molar-refractivity contribution < 1.29 is 36.2 Å². The third kappa shape index (κ3) is 5.10. The van der Waals surface area contributed by atoms with Gasteiger partial charge in [-0.25, -0.2) is 26.7 Å². The van der Waals surface area contributed by atoms with Crippen LogP contribution in [0.25, 0.3) is 5.69 Å². The van der Waals surface area contributed by atoms with Crippen LogP contribution in [0.2, 0.25) is 10.0 Å². The van der Waals surface area contributed by atoms with Crippen LogP contribution in [0.1, 0.15) is 49.2 Å². The molecule has 2 unspecified atom stereocenters. The maximum Gasteiger partial charge on any atom is 0.349 e. The molecule has 226 valence electrons. The van der Waals surface area contributed by atoms with Crippen molar-refractivity contribution in [3.63, 3.8) is 0 Å². The molecular formula is C26H23Cl2F5N4O5. The summed E-state index contributed by atoms with van der Waals surface area (Å²) >= 11 is 12.6. The lowest BCUT2D eigenvalue weighted by atomic mass is 9.54. The lowest BCUT2D eigenvalue weighted by Crippen LogP contribution is -2.80. The fourth-order valence-corrected chi connectivity index (χ4v) is 5.46. The number of methoxy groups -OCH3 is 1. The SMILES string of the molecule is CCC1(F)CC(C)(NC(=O)c2cc(Oc3c(Cl)cc(-n4nc(C(F)F)c(=O)[nH]c4=O)cc3Cl)ccc2OC)[C@]1(F)CF. The molecule has 1 aromatic heterocycles. The van der Waals surface area contributed by atoms with Gasteiger partial charge in [-0.15, -0.1) is 0 Å². The Hall–Kier alpha value is -3.65. The number of carbonyl (C=O) groups excluding carboxylic acids is 1. The molecule has 3 aromatic rings. The largest absolute Gasteiger partial charge is 0.496 e. The maximum absolute atomic E-state index is 15.4. The summed E-state index contributed by atoms with van der Waals surface area (Å²) < 4.78 is 81.6. The molecule has 1 heterocycles. The number of carbonyl (C=O) groups is 1. The van der Waals surface area contributed by atoms with Gasteiger partial charge in [-0.3, -0.25) is 14.6 Å². The van der Waals surface area contributed by atoms with Crippen molar-refractivity contribution in [2.45, 2.75) is 50.0 Å². The Labute approximate surface area is 244 Å². The fraction of sp³-hybridized carbons (Fsp3) is 0.385. The van der Waals surface area contributed by atoms with Crippen LogP contribution in [0.3, 0.4) is 0 Å². The maximum atomic E-state index is 15.4. The van der Waals surface area contributed by atoms with Gasteiger partial charge in [0.05, 0.1) is 33.9 Å². The molecule has 4 rings (SSSR count). The molecule has 42 heavy (non-hydrogen) atoms. The van der Waals surface area contributed by atoms with E-state index in [2.05, 4.69) is 10.4 Å². The zero-order chi connectivity index (χ0) is 31.2. The van der Waals surface area contributed by atoms with Gasteiger partial charge in [0.1, 0.15) is 18.2 Å². The third-order valence-electron chi connectivity index (χ3n) is 7.28. The minimum Gasteiger partial charge on any atom is -0.496 e. The number of hydrogen-bond acceptors (Lipinski definition) is 6. The third-order valence-corrected chi connectivity index (χ3v) is 7.84. The molecule has 9 nitrogen and oxygen atoms in total. The van der Waals surface area contributed by atoms with Crippen molar-refractivity contribution >= 4 is 29.1 Å². The van der Waals surface area contributed by atoms with Crippen LogP contribution < -0.4 is 26.0 Å². The van der Waals surface area contributed by atoms with E-state index < -0.39 is 59.2 Å². The number of nitrogens with one attached hydrogen (secondary N) is 2. The molecule has 0 radical (unpaired) electrons. The first-order valence-electron chi connectivity index (χ1n) is 12.3.